The highest BCUT2D eigenvalue weighted by atomic mass is 35.5. The summed E-state index contributed by atoms with van der Waals surface area (Å²) in [6.45, 7) is 4.95. The van der Waals surface area contributed by atoms with Crippen LogP contribution in [0.2, 0.25) is 5.02 Å². The van der Waals surface area contributed by atoms with E-state index < -0.39 is 0 Å². The first kappa shape index (κ1) is 12.3. The van der Waals surface area contributed by atoms with Crippen molar-refractivity contribution in [1.82, 2.24) is 4.98 Å². The maximum Gasteiger partial charge on any atom is 0.0820 e. The van der Waals surface area contributed by atoms with E-state index in [0.29, 0.717) is 17.5 Å². The molecule has 0 saturated heterocycles. The van der Waals surface area contributed by atoms with Gasteiger partial charge in [0.25, 0.3) is 0 Å². The Kier molecular flexibility index (Phi) is 4.85. The molecule has 0 radical (unpaired) electrons. The molecule has 0 aromatic carbocycles. The molecule has 0 aliphatic rings. The van der Waals surface area contributed by atoms with Gasteiger partial charge in [-0.05, 0) is 12.0 Å². The number of nitrogens with zero attached hydrogens (tertiary/aromatic N) is 1. The SMILES string of the molecule is COCC(Nc1ccncc1Cl)C(C)C. The average Bonchev–Trinajstić information content (AvgIpc) is 2.20. The summed E-state index contributed by atoms with van der Waals surface area (Å²) in [6, 6.07) is 2.13. The first-order valence-electron chi connectivity index (χ1n) is 5.00. The smallest absolute Gasteiger partial charge is 0.0820 e. The Morgan fingerprint density at radius 2 is 2.27 bits per heavy atom. The monoisotopic (exact) mass is 228 g/mol. The molecule has 84 valence electrons. The number of nitrogens with one attached hydrogen (secondary N) is 1. The standard InChI is InChI=1S/C11H17ClN2O/c1-8(2)11(7-15-3)14-10-4-5-13-6-9(10)12/h4-6,8,11H,7H2,1-3H3,(H,13,14). The third-order valence-corrected chi connectivity index (χ3v) is 2.57. The molecule has 0 fully saturated rings. The molecule has 1 aromatic rings. The van der Waals surface area contributed by atoms with Crippen molar-refractivity contribution < 1.29 is 4.74 Å². The molecule has 0 amide bonds. The second-order valence-corrected chi connectivity index (χ2v) is 4.21. The van der Waals surface area contributed by atoms with E-state index in [1.807, 2.05) is 6.07 Å². The van der Waals surface area contributed by atoms with Gasteiger partial charge >= 0.3 is 0 Å². The summed E-state index contributed by atoms with van der Waals surface area (Å²) >= 11 is 6.01. The minimum absolute atomic E-state index is 0.259. The summed E-state index contributed by atoms with van der Waals surface area (Å²) in [4.78, 5) is 3.94. The highest BCUT2D eigenvalue weighted by Gasteiger charge is 2.13. The minimum atomic E-state index is 0.259. The number of halogens is 1. The lowest BCUT2D eigenvalue weighted by atomic mass is 10.1. The van der Waals surface area contributed by atoms with Crippen LogP contribution in [0.4, 0.5) is 5.69 Å². The van der Waals surface area contributed by atoms with Crippen molar-refractivity contribution in [3.8, 4) is 0 Å². The zero-order chi connectivity index (χ0) is 11.3. The van der Waals surface area contributed by atoms with Gasteiger partial charge in [0.1, 0.15) is 0 Å². The summed E-state index contributed by atoms with van der Waals surface area (Å²) in [5, 5.41) is 3.99. The van der Waals surface area contributed by atoms with Gasteiger partial charge in [-0.2, -0.15) is 0 Å². The van der Waals surface area contributed by atoms with Gasteiger partial charge in [0, 0.05) is 19.5 Å². The number of ether oxygens (including phenoxy) is 1. The van der Waals surface area contributed by atoms with Gasteiger partial charge in [0.15, 0.2) is 0 Å². The Morgan fingerprint density at radius 1 is 1.53 bits per heavy atom. The minimum Gasteiger partial charge on any atom is -0.383 e. The molecule has 1 N–H and O–H groups in total. The van der Waals surface area contributed by atoms with Crippen molar-refractivity contribution in [2.24, 2.45) is 5.92 Å². The molecule has 0 spiro atoms. The predicted octanol–water partition coefficient (Wildman–Crippen LogP) is 2.82. The lowest BCUT2D eigenvalue weighted by Gasteiger charge is -2.23. The van der Waals surface area contributed by atoms with Crippen LogP contribution in [0.1, 0.15) is 13.8 Å². The molecule has 0 saturated carbocycles. The number of rotatable bonds is 5. The van der Waals surface area contributed by atoms with E-state index in [0.717, 1.165) is 5.69 Å². The number of anilines is 1. The number of hydrogen-bond acceptors (Lipinski definition) is 3. The van der Waals surface area contributed by atoms with Gasteiger partial charge in [0.05, 0.1) is 23.4 Å². The lowest BCUT2D eigenvalue weighted by molar-refractivity contribution is 0.171. The number of methoxy groups -OCH3 is 1. The van der Waals surface area contributed by atoms with Crippen LogP contribution in [0.15, 0.2) is 18.5 Å². The lowest BCUT2D eigenvalue weighted by Crippen LogP contribution is -2.30. The topological polar surface area (TPSA) is 34.1 Å². The average molecular weight is 229 g/mol. The molecule has 1 unspecified atom stereocenters. The molecule has 3 nitrogen and oxygen atoms in total. The number of pyridine rings is 1. The molecule has 4 heteroatoms. The molecule has 1 rings (SSSR count). The van der Waals surface area contributed by atoms with Crippen molar-refractivity contribution in [2.75, 3.05) is 19.0 Å². The Morgan fingerprint density at radius 3 is 2.80 bits per heavy atom. The maximum atomic E-state index is 6.01. The quantitative estimate of drug-likeness (QED) is 0.842. The highest BCUT2D eigenvalue weighted by molar-refractivity contribution is 6.33. The summed E-state index contributed by atoms with van der Waals surface area (Å²) in [7, 11) is 1.70. The third kappa shape index (κ3) is 3.68. The summed E-state index contributed by atoms with van der Waals surface area (Å²) < 4.78 is 5.16. The fraction of sp³-hybridized carbons (Fsp3) is 0.545. The van der Waals surface area contributed by atoms with Crippen molar-refractivity contribution >= 4 is 17.3 Å². The van der Waals surface area contributed by atoms with E-state index in [-0.39, 0.29) is 6.04 Å². The second-order valence-electron chi connectivity index (χ2n) is 3.81. The largest absolute Gasteiger partial charge is 0.383 e. The highest BCUT2D eigenvalue weighted by Crippen LogP contribution is 2.21. The van der Waals surface area contributed by atoms with Crippen LogP contribution in [-0.4, -0.2) is 24.7 Å². The zero-order valence-electron chi connectivity index (χ0n) is 9.33. The molecule has 0 bridgehead atoms. The molecule has 0 aliphatic heterocycles. The molecule has 1 aromatic heterocycles. The summed E-state index contributed by atoms with van der Waals surface area (Å²) in [5.74, 6) is 0.481. The van der Waals surface area contributed by atoms with Crippen molar-refractivity contribution in [3.63, 3.8) is 0 Å². The van der Waals surface area contributed by atoms with E-state index in [4.69, 9.17) is 16.3 Å². The first-order valence-corrected chi connectivity index (χ1v) is 5.38. The van der Waals surface area contributed by atoms with E-state index >= 15 is 0 Å². The molecule has 1 heterocycles. The van der Waals surface area contributed by atoms with Gasteiger partial charge in [-0.15, -0.1) is 0 Å². The van der Waals surface area contributed by atoms with Crippen molar-refractivity contribution in [3.05, 3.63) is 23.5 Å². The van der Waals surface area contributed by atoms with Gasteiger partial charge in [0.2, 0.25) is 0 Å². The summed E-state index contributed by atoms with van der Waals surface area (Å²) in [6.07, 6.45) is 3.35. The Bertz CT molecular complexity index is 304. The molecule has 1 atom stereocenters. The van der Waals surface area contributed by atoms with Crippen LogP contribution in [0, 0.1) is 5.92 Å². The Labute approximate surface area is 95.8 Å². The Hall–Kier alpha value is -0.800. The third-order valence-electron chi connectivity index (χ3n) is 2.26. The molecule has 0 aliphatic carbocycles. The van der Waals surface area contributed by atoms with Crippen LogP contribution in [-0.2, 0) is 4.74 Å². The van der Waals surface area contributed by atoms with Crippen LogP contribution >= 0.6 is 11.6 Å². The van der Waals surface area contributed by atoms with Gasteiger partial charge in [-0.3, -0.25) is 4.98 Å². The molecular formula is C11H17ClN2O. The van der Waals surface area contributed by atoms with Gasteiger partial charge in [-0.1, -0.05) is 25.4 Å². The van der Waals surface area contributed by atoms with Gasteiger partial charge in [-0.25, -0.2) is 0 Å². The molecular weight excluding hydrogens is 212 g/mol. The Balaban J connectivity index is 2.69. The van der Waals surface area contributed by atoms with Crippen molar-refractivity contribution in [2.45, 2.75) is 19.9 Å². The first-order chi connectivity index (χ1) is 7.15. The normalized spacial score (nSPS) is 12.9. The fourth-order valence-electron chi connectivity index (χ4n) is 1.27. The maximum absolute atomic E-state index is 6.01. The van der Waals surface area contributed by atoms with E-state index in [9.17, 15) is 0 Å². The van der Waals surface area contributed by atoms with Crippen LogP contribution in [0.5, 0.6) is 0 Å². The van der Waals surface area contributed by atoms with Crippen LogP contribution in [0.25, 0.3) is 0 Å². The predicted molar refractivity (Wildman–Crippen MR) is 63.4 cm³/mol. The molecule has 15 heavy (non-hydrogen) atoms. The van der Waals surface area contributed by atoms with Crippen LogP contribution < -0.4 is 5.32 Å². The fourth-order valence-corrected chi connectivity index (χ4v) is 1.45. The second kappa shape index (κ2) is 5.93. The van der Waals surface area contributed by atoms with Crippen molar-refractivity contribution in [1.29, 1.82) is 0 Å². The van der Waals surface area contributed by atoms with Gasteiger partial charge < -0.3 is 10.1 Å². The van der Waals surface area contributed by atoms with E-state index in [1.165, 1.54) is 0 Å². The zero-order valence-corrected chi connectivity index (χ0v) is 10.1. The van der Waals surface area contributed by atoms with E-state index in [2.05, 4.69) is 24.1 Å². The number of aromatic nitrogens is 1. The van der Waals surface area contributed by atoms with E-state index in [1.54, 1.807) is 19.5 Å². The van der Waals surface area contributed by atoms with Crippen LogP contribution in [0.3, 0.4) is 0 Å². The number of hydrogen-bond donors (Lipinski definition) is 1. The summed E-state index contributed by atoms with van der Waals surface area (Å²) in [5.41, 5.74) is 0.905.